The fourth-order valence-electron chi connectivity index (χ4n) is 1.53. The van der Waals surface area contributed by atoms with E-state index < -0.39 is 0 Å². The third-order valence-electron chi connectivity index (χ3n) is 2.33. The van der Waals surface area contributed by atoms with Gasteiger partial charge >= 0.3 is 0 Å². The first-order chi connectivity index (χ1) is 8.24. The van der Waals surface area contributed by atoms with Crippen LogP contribution in [0, 0.1) is 5.82 Å². The van der Waals surface area contributed by atoms with Crippen LogP contribution in [0.5, 0.6) is 0 Å². The maximum absolute atomic E-state index is 12.7. The predicted molar refractivity (Wildman–Crippen MR) is 67.8 cm³/mol. The summed E-state index contributed by atoms with van der Waals surface area (Å²) in [5, 5.41) is 0. The van der Waals surface area contributed by atoms with E-state index in [1.165, 1.54) is 12.1 Å². The zero-order chi connectivity index (χ0) is 12.1. The Bertz CT molecular complexity index is 504. The lowest BCUT2D eigenvalue weighted by Crippen LogP contribution is -2.14. The number of rotatable bonds is 3. The van der Waals surface area contributed by atoms with E-state index in [0.29, 0.717) is 17.9 Å². The first-order valence-electron chi connectivity index (χ1n) is 5.36. The minimum atomic E-state index is -0.273. The molecule has 0 saturated carbocycles. The molecule has 0 unspecified atom stereocenters. The van der Waals surface area contributed by atoms with E-state index in [0.717, 1.165) is 5.56 Å². The summed E-state index contributed by atoms with van der Waals surface area (Å²) < 4.78 is 12.7. The minimum absolute atomic E-state index is 0.273. The molecule has 0 fully saturated rings. The Kier molecular flexibility index (Phi) is 3.50. The van der Waals surface area contributed by atoms with Crippen LogP contribution >= 0.6 is 0 Å². The van der Waals surface area contributed by atoms with Crippen LogP contribution in [0.3, 0.4) is 0 Å². The van der Waals surface area contributed by atoms with Gasteiger partial charge in [-0.3, -0.25) is 0 Å². The minimum Gasteiger partial charge on any atom is -0.387 e. The second-order valence-corrected chi connectivity index (χ2v) is 3.74. The summed E-state index contributed by atoms with van der Waals surface area (Å²) in [6.45, 7) is 0. The molecule has 86 valence electrons. The third kappa shape index (κ3) is 3.41. The molecule has 0 saturated heterocycles. The number of halogens is 1. The molecule has 0 aliphatic heterocycles. The molecule has 3 heteroatoms. The summed E-state index contributed by atoms with van der Waals surface area (Å²) in [5.41, 5.74) is 7.61. The molecule has 0 bridgehead atoms. The smallest absolute Gasteiger partial charge is 0.123 e. The van der Waals surface area contributed by atoms with Crippen LogP contribution in [0.2, 0.25) is 0 Å². The maximum Gasteiger partial charge on any atom is 0.123 e. The van der Waals surface area contributed by atoms with Gasteiger partial charge in [0.15, 0.2) is 0 Å². The maximum atomic E-state index is 12.7. The van der Waals surface area contributed by atoms with Gasteiger partial charge in [-0.2, -0.15) is 0 Å². The number of hydrogen-bond acceptors (Lipinski definition) is 1. The fraction of sp³-hybridized carbons (Fsp3) is 0.0714. The number of benzene rings is 2. The van der Waals surface area contributed by atoms with Crippen molar-refractivity contribution in [3.8, 4) is 0 Å². The summed E-state index contributed by atoms with van der Waals surface area (Å²) in [6.07, 6.45) is 0.595. The molecule has 0 amide bonds. The number of nitrogens with zero attached hydrogens (tertiary/aromatic N) is 1. The van der Waals surface area contributed by atoms with Crippen molar-refractivity contribution in [1.82, 2.24) is 0 Å². The number of nitrogens with two attached hydrogens (primary N) is 1. The van der Waals surface area contributed by atoms with Crippen molar-refractivity contribution in [2.24, 2.45) is 10.7 Å². The van der Waals surface area contributed by atoms with Crippen LogP contribution in [0.4, 0.5) is 10.1 Å². The Morgan fingerprint density at radius 2 is 1.65 bits per heavy atom. The molecule has 2 aromatic rings. The Balaban J connectivity index is 2.09. The lowest BCUT2D eigenvalue weighted by atomic mass is 10.1. The van der Waals surface area contributed by atoms with E-state index in [9.17, 15) is 4.39 Å². The standard InChI is InChI=1S/C14H13FN2/c15-12-6-8-13(9-7-12)17-14(16)10-11-4-2-1-3-5-11/h1-9H,10H2,(H2,16,17). The molecule has 0 heterocycles. The zero-order valence-electron chi connectivity index (χ0n) is 9.31. The quantitative estimate of drug-likeness (QED) is 0.636. The van der Waals surface area contributed by atoms with Crippen molar-refractivity contribution in [1.29, 1.82) is 0 Å². The lowest BCUT2D eigenvalue weighted by Gasteiger charge is -2.01. The fourth-order valence-corrected chi connectivity index (χ4v) is 1.53. The molecule has 2 rings (SSSR count). The zero-order valence-corrected chi connectivity index (χ0v) is 9.31. The van der Waals surface area contributed by atoms with Gasteiger partial charge in [0.25, 0.3) is 0 Å². The van der Waals surface area contributed by atoms with Crippen LogP contribution < -0.4 is 5.73 Å². The summed E-state index contributed by atoms with van der Waals surface area (Å²) in [5.74, 6) is 0.244. The summed E-state index contributed by atoms with van der Waals surface area (Å²) in [6, 6.07) is 15.8. The van der Waals surface area contributed by atoms with E-state index in [-0.39, 0.29) is 5.82 Å². The summed E-state index contributed by atoms with van der Waals surface area (Å²) in [7, 11) is 0. The highest BCUT2D eigenvalue weighted by Gasteiger charge is 1.97. The van der Waals surface area contributed by atoms with Crippen LogP contribution in [-0.2, 0) is 6.42 Å². The van der Waals surface area contributed by atoms with Gasteiger partial charge in [-0.15, -0.1) is 0 Å². The Labute approximate surface area is 99.6 Å². The third-order valence-corrected chi connectivity index (χ3v) is 2.33. The van der Waals surface area contributed by atoms with Crippen molar-refractivity contribution >= 4 is 11.5 Å². The summed E-state index contributed by atoms with van der Waals surface area (Å²) in [4.78, 5) is 4.22. The first-order valence-corrected chi connectivity index (χ1v) is 5.36. The number of hydrogen-bond donors (Lipinski definition) is 1. The molecule has 0 atom stereocenters. The molecule has 0 radical (unpaired) electrons. The van der Waals surface area contributed by atoms with Crippen molar-refractivity contribution in [2.45, 2.75) is 6.42 Å². The number of aliphatic imine (C=N–C) groups is 1. The van der Waals surface area contributed by atoms with Crippen LogP contribution in [0.15, 0.2) is 59.6 Å². The average Bonchev–Trinajstić information content (AvgIpc) is 2.33. The van der Waals surface area contributed by atoms with Crippen molar-refractivity contribution in [3.05, 3.63) is 66.0 Å². The number of amidine groups is 1. The SMILES string of the molecule is NC(Cc1ccccc1)=Nc1ccc(F)cc1. The van der Waals surface area contributed by atoms with Crippen LogP contribution in [0.25, 0.3) is 0 Å². The highest BCUT2D eigenvalue weighted by Crippen LogP contribution is 2.12. The van der Waals surface area contributed by atoms with Gasteiger partial charge in [0.05, 0.1) is 5.69 Å². The van der Waals surface area contributed by atoms with Gasteiger partial charge in [0.2, 0.25) is 0 Å². The molecule has 17 heavy (non-hydrogen) atoms. The molecular formula is C14H13FN2. The molecule has 2 nitrogen and oxygen atoms in total. The van der Waals surface area contributed by atoms with Crippen molar-refractivity contribution < 1.29 is 4.39 Å². The Morgan fingerprint density at radius 1 is 1.00 bits per heavy atom. The highest BCUT2D eigenvalue weighted by atomic mass is 19.1. The predicted octanol–water partition coefficient (Wildman–Crippen LogP) is 3.06. The summed E-state index contributed by atoms with van der Waals surface area (Å²) >= 11 is 0. The van der Waals surface area contributed by atoms with E-state index in [2.05, 4.69) is 4.99 Å². The Morgan fingerprint density at radius 3 is 2.29 bits per heavy atom. The van der Waals surface area contributed by atoms with E-state index in [1.54, 1.807) is 12.1 Å². The van der Waals surface area contributed by atoms with Crippen LogP contribution in [0.1, 0.15) is 5.56 Å². The van der Waals surface area contributed by atoms with Gasteiger partial charge in [0.1, 0.15) is 11.7 Å². The highest BCUT2D eigenvalue weighted by molar-refractivity contribution is 5.85. The molecule has 0 spiro atoms. The second-order valence-electron chi connectivity index (χ2n) is 3.74. The molecule has 0 aromatic heterocycles. The lowest BCUT2D eigenvalue weighted by molar-refractivity contribution is 0.628. The first kappa shape index (κ1) is 11.3. The van der Waals surface area contributed by atoms with Gasteiger partial charge < -0.3 is 5.73 Å². The Hall–Kier alpha value is -2.16. The van der Waals surface area contributed by atoms with Gasteiger partial charge in [-0.25, -0.2) is 9.38 Å². The molecule has 0 aliphatic carbocycles. The second kappa shape index (κ2) is 5.25. The van der Waals surface area contributed by atoms with Gasteiger partial charge in [-0.05, 0) is 29.8 Å². The van der Waals surface area contributed by atoms with E-state index in [4.69, 9.17) is 5.73 Å². The molecule has 0 aliphatic rings. The molecule has 2 aromatic carbocycles. The van der Waals surface area contributed by atoms with E-state index >= 15 is 0 Å². The van der Waals surface area contributed by atoms with Gasteiger partial charge in [-0.1, -0.05) is 30.3 Å². The monoisotopic (exact) mass is 228 g/mol. The molecule has 2 N–H and O–H groups in total. The van der Waals surface area contributed by atoms with Crippen molar-refractivity contribution in [2.75, 3.05) is 0 Å². The normalized spacial score (nSPS) is 11.5. The topological polar surface area (TPSA) is 38.4 Å². The average molecular weight is 228 g/mol. The molecular weight excluding hydrogens is 215 g/mol. The van der Waals surface area contributed by atoms with Crippen LogP contribution in [-0.4, -0.2) is 5.84 Å². The van der Waals surface area contributed by atoms with E-state index in [1.807, 2.05) is 30.3 Å². The van der Waals surface area contributed by atoms with Gasteiger partial charge in [0, 0.05) is 6.42 Å². The largest absolute Gasteiger partial charge is 0.387 e. The van der Waals surface area contributed by atoms with Crippen molar-refractivity contribution in [3.63, 3.8) is 0 Å².